The third-order valence-electron chi connectivity index (χ3n) is 2.84. The lowest BCUT2D eigenvalue weighted by molar-refractivity contribution is -0.148. The monoisotopic (exact) mass is 352 g/mol. The lowest BCUT2D eigenvalue weighted by atomic mass is 10.2. The second-order valence-corrected chi connectivity index (χ2v) is 4.72. The molecule has 0 aliphatic heterocycles. The van der Waals surface area contributed by atoms with Crippen LogP contribution in [-0.2, 0) is 18.9 Å². The van der Waals surface area contributed by atoms with Gasteiger partial charge < -0.3 is 18.9 Å². The molecule has 0 saturated carbocycles. The summed E-state index contributed by atoms with van der Waals surface area (Å²) in [7, 11) is 0. The number of alkyl halides is 1. The molecule has 0 amide bonds. The number of hydrogen-bond donors (Lipinski definition) is 0. The van der Waals surface area contributed by atoms with Crippen LogP contribution in [0.2, 0.25) is 0 Å². The van der Waals surface area contributed by atoms with Crippen molar-refractivity contribution < 1.29 is 23.3 Å². The van der Waals surface area contributed by atoms with E-state index >= 15 is 0 Å². The molecule has 0 heterocycles. The molecule has 0 aromatic rings. The fourth-order valence-corrected chi connectivity index (χ4v) is 1.68. The Morgan fingerprint density at radius 2 is 1.20 bits per heavy atom. The van der Waals surface area contributed by atoms with E-state index in [1.807, 2.05) is 18.2 Å². The second kappa shape index (κ2) is 16.6. The van der Waals surface area contributed by atoms with Crippen molar-refractivity contribution in [1.82, 2.24) is 0 Å². The molecule has 136 valence electrons. The maximum absolute atomic E-state index is 13.4. The number of nitrogens with zero attached hydrogens (tertiary/aromatic N) is 4. The van der Waals surface area contributed by atoms with Crippen molar-refractivity contribution in [2.24, 2.45) is 0 Å². The van der Waals surface area contributed by atoms with Crippen LogP contribution in [0, 0.1) is 45.3 Å². The minimum absolute atomic E-state index is 0.0584. The molecule has 0 fully saturated rings. The molecule has 0 aliphatic rings. The first-order chi connectivity index (χ1) is 12.2. The Kier molecular flexibility index (Phi) is 15.1. The average molecular weight is 352 g/mol. The zero-order chi connectivity index (χ0) is 18.8. The van der Waals surface area contributed by atoms with Gasteiger partial charge in [0.2, 0.25) is 6.36 Å². The Labute approximate surface area is 146 Å². The van der Waals surface area contributed by atoms with Crippen molar-refractivity contribution in [3.8, 4) is 24.3 Å². The smallest absolute Gasteiger partial charge is 0.212 e. The van der Waals surface area contributed by atoms with Crippen molar-refractivity contribution in [3.05, 3.63) is 0 Å². The van der Waals surface area contributed by atoms with Crippen molar-refractivity contribution in [2.75, 3.05) is 33.0 Å². The van der Waals surface area contributed by atoms with Crippen molar-refractivity contribution >= 4 is 0 Å². The van der Waals surface area contributed by atoms with Crippen LogP contribution in [0.15, 0.2) is 0 Å². The Hall–Kier alpha value is -2.27. The topological polar surface area (TPSA) is 132 Å². The van der Waals surface area contributed by atoms with E-state index in [4.69, 9.17) is 40.0 Å². The van der Waals surface area contributed by atoms with Crippen molar-refractivity contribution in [2.45, 2.75) is 44.2 Å². The Morgan fingerprint density at radius 1 is 0.680 bits per heavy atom. The summed E-state index contributed by atoms with van der Waals surface area (Å²) in [5.41, 5.74) is 0. The number of hydrogen-bond acceptors (Lipinski definition) is 8. The summed E-state index contributed by atoms with van der Waals surface area (Å²) in [5.74, 6) is 0. The zero-order valence-electron chi connectivity index (χ0n) is 13.9. The minimum Gasteiger partial charge on any atom is -0.378 e. The second-order valence-electron chi connectivity index (χ2n) is 4.72. The number of nitriles is 4. The van der Waals surface area contributed by atoms with Gasteiger partial charge in [0.15, 0.2) is 0 Å². The predicted octanol–water partition coefficient (Wildman–Crippen LogP) is 1.74. The molecular formula is C16H21FN4O4. The summed E-state index contributed by atoms with van der Waals surface area (Å²) in [6, 6.07) is 7.46. The van der Waals surface area contributed by atoms with Crippen LogP contribution in [0.25, 0.3) is 0 Å². The van der Waals surface area contributed by atoms with Crippen LogP contribution in [0.5, 0.6) is 0 Å². The molecule has 0 radical (unpaired) electrons. The van der Waals surface area contributed by atoms with Gasteiger partial charge in [-0.1, -0.05) is 0 Å². The molecule has 0 N–H and O–H groups in total. The van der Waals surface area contributed by atoms with Crippen molar-refractivity contribution in [1.29, 1.82) is 21.0 Å². The van der Waals surface area contributed by atoms with Gasteiger partial charge in [0.25, 0.3) is 0 Å². The fraction of sp³-hybridized carbons (Fsp3) is 0.750. The first-order valence-electron chi connectivity index (χ1n) is 7.74. The molecule has 0 bridgehead atoms. The van der Waals surface area contributed by atoms with Crippen LogP contribution < -0.4 is 0 Å². The molecule has 0 saturated heterocycles. The summed E-state index contributed by atoms with van der Waals surface area (Å²) >= 11 is 0. The van der Waals surface area contributed by atoms with Crippen LogP contribution in [0.4, 0.5) is 4.39 Å². The fourth-order valence-electron chi connectivity index (χ4n) is 1.68. The van der Waals surface area contributed by atoms with Gasteiger partial charge in [-0.15, -0.1) is 0 Å². The number of rotatable bonds is 15. The summed E-state index contributed by atoms with van der Waals surface area (Å²) in [4.78, 5) is 0. The Morgan fingerprint density at radius 3 is 1.72 bits per heavy atom. The molecule has 3 unspecified atom stereocenters. The maximum atomic E-state index is 13.4. The van der Waals surface area contributed by atoms with Gasteiger partial charge >= 0.3 is 0 Å². The molecular weight excluding hydrogens is 331 g/mol. The van der Waals surface area contributed by atoms with E-state index in [1.165, 1.54) is 0 Å². The van der Waals surface area contributed by atoms with E-state index < -0.39 is 25.0 Å². The highest BCUT2D eigenvalue weighted by molar-refractivity contribution is 4.77. The predicted molar refractivity (Wildman–Crippen MR) is 82.1 cm³/mol. The molecule has 9 heteroatoms. The van der Waals surface area contributed by atoms with Crippen molar-refractivity contribution in [3.63, 3.8) is 0 Å². The first kappa shape index (κ1) is 22.7. The lowest BCUT2D eigenvalue weighted by Crippen LogP contribution is -2.40. The summed E-state index contributed by atoms with van der Waals surface area (Å²) in [6.45, 7) is 0.269. The SMILES string of the molecule is N#CCCOCC(OCCC#N)C(COC(F)CC#N)OCCC#N. The highest BCUT2D eigenvalue weighted by atomic mass is 19.1. The van der Waals surface area contributed by atoms with E-state index in [1.54, 1.807) is 6.07 Å². The van der Waals surface area contributed by atoms with Crippen LogP contribution in [0.3, 0.4) is 0 Å². The third kappa shape index (κ3) is 12.8. The van der Waals surface area contributed by atoms with Gasteiger partial charge in [0.05, 0.1) is 83.0 Å². The first-order valence-corrected chi connectivity index (χ1v) is 7.74. The molecule has 3 atom stereocenters. The molecule has 25 heavy (non-hydrogen) atoms. The van der Waals surface area contributed by atoms with Gasteiger partial charge in [-0.2, -0.15) is 21.0 Å². The standard InChI is InChI=1S/C16H21FN4O4/c17-16(4-8-21)25-13-15(24-11-3-7-20)14(23-10-2-6-19)12-22-9-1-5-18/h14-16H,1-4,9-13H2. The third-order valence-corrected chi connectivity index (χ3v) is 2.84. The average Bonchev–Trinajstić information content (AvgIpc) is 2.60. The van der Waals surface area contributed by atoms with Crippen LogP contribution in [-0.4, -0.2) is 51.6 Å². The quantitative estimate of drug-likeness (QED) is 0.407. The van der Waals surface area contributed by atoms with Gasteiger partial charge in [0.1, 0.15) is 12.2 Å². The Balaban J connectivity index is 4.74. The normalized spacial score (nSPS) is 13.6. The molecule has 0 rings (SSSR count). The van der Waals surface area contributed by atoms with E-state index in [0.717, 1.165) is 0 Å². The summed E-state index contributed by atoms with van der Waals surface area (Å²) < 4.78 is 34.7. The largest absolute Gasteiger partial charge is 0.378 e. The van der Waals surface area contributed by atoms with E-state index in [2.05, 4.69) is 0 Å². The van der Waals surface area contributed by atoms with E-state index in [-0.39, 0.29) is 52.3 Å². The number of halogens is 1. The highest BCUT2D eigenvalue weighted by Crippen LogP contribution is 2.11. The molecule has 0 spiro atoms. The molecule has 0 aromatic heterocycles. The Bertz CT molecular complexity index is 506. The molecule has 0 aromatic carbocycles. The van der Waals surface area contributed by atoms with E-state index in [0.29, 0.717) is 0 Å². The van der Waals surface area contributed by atoms with Gasteiger partial charge in [-0.25, -0.2) is 4.39 Å². The van der Waals surface area contributed by atoms with Gasteiger partial charge in [0, 0.05) is 0 Å². The summed E-state index contributed by atoms with van der Waals surface area (Å²) in [5, 5.41) is 34.2. The zero-order valence-corrected chi connectivity index (χ0v) is 13.9. The minimum atomic E-state index is -1.76. The van der Waals surface area contributed by atoms with E-state index in [9.17, 15) is 4.39 Å². The lowest BCUT2D eigenvalue weighted by Gasteiger charge is -2.27. The van der Waals surface area contributed by atoms with Crippen LogP contribution in [0.1, 0.15) is 25.7 Å². The molecule has 8 nitrogen and oxygen atoms in total. The number of ether oxygens (including phenoxy) is 4. The summed E-state index contributed by atoms with van der Waals surface area (Å²) in [6.07, 6.45) is -3.09. The highest BCUT2D eigenvalue weighted by Gasteiger charge is 2.25. The van der Waals surface area contributed by atoms with Gasteiger partial charge in [-0.3, -0.25) is 0 Å². The van der Waals surface area contributed by atoms with Crippen LogP contribution >= 0.6 is 0 Å². The maximum Gasteiger partial charge on any atom is 0.212 e. The molecule has 0 aliphatic carbocycles. The van der Waals surface area contributed by atoms with Gasteiger partial charge in [-0.05, 0) is 0 Å².